The van der Waals surface area contributed by atoms with Crippen LogP contribution in [0.3, 0.4) is 0 Å². The lowest BCUT2D eigenvalue weighted by Crippen LogP contribution is -2.15. The van der Waals surface area contributed by atoms with E-state index in [1.807, 2.05) is 0 Å². The monoisotopic (exact) mass is 556 g/mol. The number of nitrogens with one attached hydrogen (secondary N) is 2. The maximum Gasteiger partial charge on any atom is 0.0546 e. The Morgan fingerprint density at radius 3 is 1.91 bits per heavy atom. The summed E-state index contributed by atoms with van der Waals surface area (Å²) in [5.41, 5.74) is 15.0. The molecule has 0 aromatic heterocycles. The van der Waals surface area contributed by atoms with Crippen molar-refractivity contribution < 1.29 is 0 Å². The van der Waals surface area contributed by atoms with Crippen LogP contribution in [0.5, 0.6) is 0 Å². The molecule has 0 saturated heterocycles. The van der Waals surface area contributed by atoms with Gasteiger partial charge in [0.2, 0.25) is 0 Å². The number of anilines is 2. The molecule has 1 aliphatic carbocycles. The number of rotatable bonds is 8. The average Bonchev–Trinajstić information content (AvgIpc) is 3.29. The van der Waals surface area contributed by atoms with E-state index in [0.717, 1.165) is 24.5 Å². The molecule has 0 atom stereocenters. The van der Waals surface area contributed by atoms with Crippen molar-refractivity contribution in [2.24, 2.45) is 0 Å². The normalized spacial score (nSPS) is 12.9. The zero-order chi connectivity index (χ0) is 29.2. The third-order valence-electron chi connectivity index (χ3n) is 8.75. The van der Waals surface area contributed by atoms with E-state index in [2.05, 4.69) is 170 Å². The van der Waals surface area contributed by atoms with Crippen LogP contribution in [0.2, 0.25) is 0 Å². The van der Waals surface area contributed by atoms with Crippen molar-refractivity contribution in [2.45, 2.75) is 32.4 Å². The molecule has 0 unspecified atom stereocenters. The number of fused-ring (bicyclic) bond motifs is 3. The van der Waals surface area contributed by atoms with E-state index < -0.39 is 0 Å². The van der Waals surface area contributed by atoms with Crippen LogP contribution in [-0.2, 0) is 18.5 Å². The Kier molecular flexibility index (Phi) is 7.14. The lowest BCUT2D eigenvalue weighted by atomic mass is 9.82. The Labute approximate surface area is 255 Å². The third-order valence-corrected chi connectivity index (χ3v) is 8.75. The first-order chi connectivity index (χ1) is 21.1. The Morgan fingerprint density at radius 1 is 0.488 bits per heavy atom. The van der Waals surface area contributed by atoms with Gasteiger partial charge in [-0.3, -0.25) is 0 Å². The maximum absolute atomic E-state index is 3.92. The van der Waals surface area contributed by atoms with Gasteiger partial charge < -0.3 is 10.6 Å². The molecular formula is C41H36N2. The third kappa shape index (κ3) is 5.27. The lowest BCUT2D eigenvalue weighted by molar-refractivity contribution is 0.660. The molecule has 0 amide bonds. The number of benzene rings is 6. The van der Waals surface area contributed by atoms with Gasteiger partial charge in [-0.25, -0.2) is 0 Å². The second kappa shape index (κ2) is 11.4. The minimum atomic E-state index is -0.0682. The zero-order valence-electron chi connectivity index (χ0n) is 24.8. The largest absolute Gasteiger partial charge is 0.354 e. The first kappa shape index (κ1) is 26.9. The topological polar surface area (TPSA) is 24.1 Å². The Hall–Kier alpha value is -4.92. The van der Waals surface area contributed by atoms with Crippen LogP contribution < -0.4 is 10.6 Å². The highest BCUT2D eigenvalue weighted by Gasteiger charge is 2.37. The van der Waals surface area contributed by atoms with E-state index in [9.17, 15) is 0 Å². The summed E-state index contributed by atoms with van der Waals surface area (Å²) in [4.78, 5) is 0. The van der Waals surface area contributed by atoms with E-state index in [1.54, 1.807) is 0 Å². The van der Waals surface area contributed by atoms with Gasteiger partial charge in [-0.15, -0.1) is 0 Å². The molecule has 1 aliphatic rings. The van der Waals surface area contributed by atoms with Crippen molar-refractivity contribution in [3.8, 4) is 33.4 Å². The molecule has 2 heteroatoms. The van der Waals surface area contributed by atoms with Crippen molar-refractivity contribution in [3.63, 3.8) is 0 Å². The van der Waals surface area contributed by atoms with Crippen molar-refractivity contribution in [1.29, 1.82) is 0 Å². The van der Waals surface area contributed by atoms with Crippen LogP contribution in [0.4, 0.5) is 11.4 Å². The molecule has 2 nitrogen and oxygen atoms in total. The SMILES string of the molecule is CC1(C)c2ccccc2-c2c1ccc(-c1ccc(-c3ccccc3)cc1)c2Nc1cccc(CNCc2ccccc2)c1. The Balaban J connectivity index is 1.27. The van der Waals surface area contributed by atoms with Gasteiger partial charge in [0.05, 0.1) is 5.69 Å². The van der Waals surface area contributed by atoms with Crippen LogP contribution in [0.1, 0.15) is 36.1 Å². The smallest absolute Gasteiger partial charge is 0.0546 e. The molecule has 0 heterocycles. The zero-order valence-corrected chi connectivity index (χ0v) is 24.8. The fourth-order valence-corrected chi connectivity index (χ4v) is 6.49. The fraction of sp³-hybridized carbons (Fsp3) is 0.122. The van der Waals surface area contributed by atoms with Crippen LogP contribution in [0, 0.1) is 0 Å². The molecule has 210 valence electrons. The average molecular weight is 557 g/mol. The first-order valence-corrected chi connectivity index (χ1v) is 15.1. The van der Waals surface area contributed by atoms with Gasteiger partial charge in [0, 0.05) is 35.3 Å². The van der Waals surface area contributed by atoms with E-state index >= 15 is 0 Å². The predicted molar refractivity (Wildman–Crippen MR) is 182 cm³/mol. The maximum atomic E-state index is 3.92. The fourth-order valence-electron chi connectivity index (χ4n) is 6.49. The number of hydrogen-bond donors (Lipinski definition) is 2. The molecule has 0 aliphatic heterocycles. The first-order valence-electron chi connectivity index (χ1n) is 15.1. The van der Waals surface area contributed by atoms with Gasteiger partial charge in [0.15, 0.2) is 0 Å². The van der Waals surface area contributed by atoms with Crippen LogP contribution in [0.15, 0.2) is 146 Å². The second-order valence-electron chi connectivity index (χ2n) is 11.9. The van der Waals surface area contributed by atoms with Gasteiger partial charge in [-0.2, -0.15) is 0 Å². The van der Waals surface area contributed by atoms with E-state index in [-0.39, 0.29) is 5.41 Å². The highest BCUT2D eigenvalue weighted by atomic mass is 14.9. The van der Waals surface area contributed by atoms with Crippen LogP contribution in [-0.4, -0.2) is 0 Å². The summed E-state index contributed by atoms with van der Waals surface area (Å²) in [5.74, 6) is 0. The summed E-state index contributed by atoms with van der Waals surface area (Å²) in [6, 6.07) is 52.4. The van der Waals surface area contributed by atoms with E-state index in [1.165, 1.54) is 55.6 Å². The molecule has 0 spiro atoms. The number of hydrogen-bond acceptors (Lipinski definition) is 2. The molecule has 0 bridgehead atoms. The van der Waals surface area contributed by atoms with Gasteiger partial charge in [0.1, 0.15) is 0 Å². The van der Waals surface area contributed by atoms with Crippen LogP contribution >= 0.6 is 0 Å². The van der Waals surface area contributed by atoms with E-state index in [4.69, 9.17) is 0 Å². The minimum absolute atomic E-state index is 0.0682. The van der Waals surface area contributed by atoms with Crippen molar-refractivity contribution in [2.75, 3.05) is 5.32 Å². The quantitative estimate of drug-likeness (QED) is 0.195. The molecule has 43 heavy (non-hydrogen) atoms. The lowest BCUT2D eigenvalue weighted by Gasteiger charge is -2.23. The second-order valence-corrected chi connectivity index (χ2v) is 11.9. The van der Waals surface area contributed by atoms with Gasteiger partial charge in [-0.05, 0) is 56.6 Å². The van der Waals surface area contributed by atoms with Crippen molar-refractivity contribution >= 4 is 11.4 Å². The summed E-state index contributed by atoms with van der Waals surface area (Å²) in [6.07, 6.45) is 0. The molecule has 0 radical (unpaired) electrons. The summed E-state index contributed by atoms with van der Waals surface area (Å²) in [5, 5.41) is 7.52. The predicted octanol–water partition coefficient (Wildman–Crippen LogP) is 10.4. The van der Waals surface area contributed by atoms with Crippen LogP contribution in [0.25, 0.3) is 33.4 Å². The molecule has 0 fully saturated rings. The summed E-state index contributed by atoms with van der Waals surface area (Å²) in [7, 11) is 0. The van der Waals surface area contributed by atoms with Crippen molar-refractivity contribution in [1.82, 2.24) is 5.32 Å². The highest BCUT2D eigenvalue weighted by molar-refractivity contribution is 5.99. The highest BCUT2D eigenvalue weighted by Crippen LogP contribution is 2.54. The Morgan fingerprint density at radius 2 is 1.12 bits per heavy atom. The molecular weight excluding hydrogens is 520 g/mol. The molecule has 6 aromatic carbocycles. The summed E-state index contributed by atoms with van der Waals surface area (Å²) >= 11 is 0. The molecule has 0 saturated carbocycles. The molecule has 2 N–H and O–H groups in total. The Bertz CT molecular complexity index is 1870. The molecule has 6 aromatic rings. The van der Waals surface area contributed by atoms with Gasteiger partial charge >= 0.3 is 0 Å². The van der Waals surface area contributed by atoms with Crippen molar-refractivity contribution in [3.05, 3.63) is 168 Å². The minimum Gasteiger partial charge on any atom is -0.354 e. The summed E-state index contributed by atoms with van der Waals surface area (Å²) in [6.45, 7) is 6.34. The van der Waals surface area contributed by atoms with E-state index in [0.29, 0.717) is 0 Å². The standard InChI is InChI=1S/C41H36N2/c1-41(2)37-19-10-9-18-36(37)39-38(41)25-24-35(33-22-20-32(21-23-33)31-15-7-4-8-16-31)40(39)43-34-17-11-14-30(26-34)28-42-27-29-12-5-3-6-13-29/h3-26,42-43H,27-28H2,1-2H3. The molecule has 7 rings (SSSR count). The summed E-state index contributed by atoms with van der Waals surface area (Å²) < 4.78 is 0. The van der Waals surface area contributed by atoms with Gasteiger partial charge in [0.25, 0.3) is 0 Å². The van der Waals surface area contributed by atoms with Gasteiger partial charge in [-0.1, -0.05) is 147 Å².